The van der Waals surface area contributed by atoms with Crippen molar-refractivity contribution in [2.75, 3.05) is 32.7 Å². The van der Waals surface area contributed by atoms with Crippen molar-refractivity contribution >= 4 is 11.8 Å². The number of nitrogens with one attached hydrogen (secondary N) is 2. The van der Waals surface area contributed by atoms with Gasteiger partial charge in [0.05, 0.1) is 25.6 Å². The Balaban J connectivity index is 2.46. The van der Waals surface area contributed by atoms with Crippen LogP contribution in [0.25, 0.3) is 0 Å². The number of nitriles is 1. The van der Waals surface area contributed by atoms with Crippen molar-refractivity contribution in [1.82, 2.24) is 15.5 Å². The first-order valence-corrected chi connectivity index (χ1v) is 6.50. The van der Waals surface area contributed by atoms with E-state index < -0.39 is 5.91 Å². The van der Waals surface area contributed by atoms with Crippen molar-refractivity contribution in [3.05, 3.63) is 0 Å². The molecule has 7 heteroatoms. The van der Waals surface area contributed by atoms with Gasteiger partial charge in [-0.3, -0.25) is 14.5 Å². The Bertz CT molecular complexity index is 347. The van der Waals surface area contributed by atoms with Crippen LogP contribution in [0.2, 0.25) is 0 Å². The number of hydrogen-bond donors (Lipinski definition) is 3. The standard InChI is InChI=1S/C12H21N5O2/c13-4-1-5-16-12(19)9-17(8-11(14)18)10-2-6-15-7-3-10/h10,15H,1-3,5-9H2,(H2,14,18)(H,16,19). The van der Waals surface area contributed by atoms with E-state index in [-0.39, 0.29) is 31.5 Å². The van der Waals surface area contributed by atoms with Gasteiger partial charge in [-0.15, -0.1) is 0 Å². The van der Waals surface area contributed by atoms with Gasteiger partial charge in [0.1, 0.15) is 0 Å². The Labute approximate surface area is 113 Å². The summed E-state index contributed by atoms with van der Waals surface area (Å²) in [6, 6.07) is 2.17. The first-order valence-electron chi connectivity index (χ1n) is 6.50. The molecule has 0 saturated carbocycles. The number of primary amides is 1. The lowest BCUT2D eigenvalue weighted by atomic mass is 10.0. The average molecular weight is 267 g/mol. The molecule has 0 radical (unpaired) electrons. The van der Waals surface area contributed by atoms with Gasteiger partial charge in [0, 0.05) is 12.6 Å². The summed E-state index contributed by atoms with van der Waals surface area (Å²) < 4.78 is 0. The lowest BCUT2D eigenvalue weighted by molar-refractivity contribution is -0.125. The van der Waals surface area contributed by atoms with Crippen molar-refractivity contribution in [2.45, 2.75) is 25.3 Å². The minimum absolute atomic E-state index is 0.0936. The van der Waals surface area contributed by atoms with Crippen LogP contribution in [0.4, 0.5) is 0 Å². The molecule has 0 bridgehead atoms. The number of rotatable bonds is 7. The fourth-order valence-corrected chi connectivity index (χ4v) is 2.18. The molecule has 1 aliphatic rings. The Kier molecular flexibility index (Phi) is 6.85. The van der Waals surface area contributed by atoms with E-state index in [4.69, 9.17) is 11.0 Å². The fourth-order valence-electron chi connectivity index (χ4n) is 2.18. The highest BCUT2D eigenvalue weighted by atomic mass is 16.2. The Morgan fingerprint density at radius 2 is 2.05 bits per heavy atom. The molecule has 19 heavy (non-hydrogen) atoms. The van der Waals surface area contributed by atoms with Gasteiger partial charge in [-0.2, -0.15) is 5.26 Å². The molecule has 0 aromatic heterocycles. The average Bonchev–Trinajstić information content (AvgIpc) is 2.39. The maximum absolute atomic E-state index is 11.7. The highest BCUT2D eigenvalue weighted by Crippen LogP contribution is 2.11. The minimum atomic E-state index is -0.427. The van der Waals surface area contributed by atoms with E-state index in [1.807, 2.05) is 11.0 Å². The van der Waals surface area contributed by atoms with Crippen molar-refractivity contribution < 1.29 is 9.59 Å². The van der Waals surface area contributed by atoms with Crippen molar-refractivity contribution in [3.63, 3.8) is 0 Å². The van der Waals surface area contributed by atoms with Crippen molar-refractivity contribution in [2.24, 2.45) is 5.73 Å². The summed E-state index contributed by atoms with van der Waals surface area (Å²) in [5.41, 5.74) is 5.23. The van der Waals surface area contributed by atoms with Crippen LogP contribution in [-0.2, 0) is 9.59 Å². The van der Waals surface area contributed by atoms with Crippen LogP contribution in [0.1, 0.15) is 19.3 Å². The summed E-state index contributed by atoms with van der Waals surface area (Å²) in [5, 5.41) is 14.3. The zero-order chi connectivity index (χ0) is 14.1. The maximum atomic E-state index is 11.7. The summed E-state index contributed by atoms with van der Waals surface area (Å²) in [7, 11) is 0. The lowest BCUT2D eigenvalue weighted by Crippen LogP contribution is -2.50. The summed E-state index contributed by atoms with van der Waals surface area (Å²) in [6.45, 7) is 2.35. The molecule has 0 unspecified atom stereocenters. The number of hydrogen-bond acceptors (Lipinski definition) is 5. The van der Waals surface area contributed by atoms with Gasteiger partial charge >= 0.3 is 0 Å². The second kappa shape index (κ2) is 8.45. The number of amides is 2. The molecule has 1 fully saturated rings. The van der Waals surface area contributed by atoms with Crippen LogP contribution in [0.15, 0.2) is 0 Å². The van der Waals surface area contributed by atoms with E-state index >= 15 is 0 Å². The van der Waals surface area contributed by atoms with Crippen molar-refractivity contribution in [1.29, 1.82) is 5.26 Å². The topological polar surface area (TPSA) is 111 Å². The molecule has 0 spiro atoms. The summed E-state index contributed by atoms with van der Waals surface area (Å²) in [6.07, 6.45) is 2.09. The van der Waals surface area contributed by atoms with Gasteiger partial charge in [-0.1, -0.05) is 0 Å². The Morgan fingerprint density at radius 3 is 2.63 bits per heavy atom. The molecular weight excluding hydrogens is 246 g/mol. The molecular formula is C12H21N5O2. The van der Waals surface area contributed by atoms with Crippen molar-refractivity contribution in [3.8, 4) is 6.07 Å². The first kappa shape index (κ1) is 15.4. The molecule has 1 aliphatic heterocycles. The number of piperidine rings is 1. The van der Waals surface area contributed by atoms with Crippen LogP contribution in [-0.4, -0.2) is 55.5 Å². The van der Waals surface area contributed by atoms with Crippen LogP contribution in [0, 0.1) is 11.3 Å². The third kappa shape index (κ3) is 6.18. The smallest absolute Gasteiger partial charge is 0.234 e. The second-order valence-corrected chi connectivity index (χ2v) is 4.61. The molecule has 106 valence electrons. The predicted molar refractivity (Wildman–Crippen MR) is 69.9 cm³/mol. The van der Waals surface area contributed by atoms with E-state index in [9.17, 15) is 9.59 Å². The summed E-state index contributed by atoms with van der Waals surface area (Å²) in [5.74, 6) is -0.599. The highest BCUT2D eigenvalue weighted by molar-refractivity contribution is 5.80. The van der Waals surface area contributed by atoms with Crippen LogP contribution < -0.4 is 16.4 Å². The van der Waals surface area contributed by atoms with E-state index in [0.29, 0.717) is 6.54 Å². The van der Waals surface area contributed by atoms with Gasteiger partial charge in [-0.05, 0) is 25.9 Å². The molecule has 0 aromatic rings. The van der Waals surface area contributed by atoms with Crippen LogP contribution in [0.3, 0.4) is 0 Å². The summed E-state index contributed by atoms with van der Waals surface area (Å²) in [4.78, 5) is 24.6. The third-order valence-electron chi connectivity index (χ3n) is 3.09. The normalized spacial score (nSPS) is 16.0. The van der Waals surface area contributed by atoms with E-state index in [2.05, 4.69) is 10.6 Å². The monoisotopic (exact) mass is 267 g/mol. The molecule has 7 nitrogen and oxygen atoms in total. The fraction of sp³-hybridized carbons (Fsp3) is 0.750. The Morgan fingerprint density at radius 1 is 1.37 bits per heavy atom. The SMILES string of the molecule is N#CCCNC(=O)CN(CC(N)=O)C1CCNCC1. The van der Waals surface area contributed by atoms with Crippen LogP contribution in [0.5, 0.6) is 0 Å². The predicted octanol–water partition coefficient (Wildman–Crippen LogP) is -1.44. The highest BCUT2D eigenvalue weighted by Gasteiger charge is 2.23. The zero-order valence-corrected chi connectivity index (χ0v) is 11.0. The van der Waals surface area contributed by atoms with Crippen LogP contribution >= 0.6 is 0 Å². The molecule has 2 amide bonds. The first-order chi connectivity index (χ1) is 9.13. The van der Waals surface area contributed by atoms with Gasteiger partial charge < -0.3 is 16.4 Å². The summed E-state index contributed by atoms with van der Waals surface area (Å²) >= 11 is 0. The largest absolute Gasteiger partial charge is 0.369 e. The molecule has 1 heterocycles. The maximum Gasteiger partial charge on any atom is 0.234 e. The third-order valence-corrected chi connectivity index (χ3v) is 3.09. The van der Waals surface area contributed by atoms with E-state index in [1.165, 1.54) is 0 Å². The van der Waals surface area contributed by atoms with E-state index in [0.717, 1.165) is 25.9 Å². The molecule has 0 aromatic carbocycles. The minimum Gasteiger partial charge on any atom is -0.369 e. The van der Waals surface area contributed by atoms with Gasteiger partial charge in [-0.25, -0.2) is 0 Å². The van der Waals surface area contributed by atoms with E-state index in [1.54, 1.807) is 0 Å². The molecule has 0 atom stereocenters. The lowest BCUT2D eigenvalue weighted by Gasteiger charge is -2.33. The molecule has 0 aliphatic carbocycles. The quantitative estimate of drug-likeness (QED) is 0.489. The Hall–Kier alpha value is -1.65. The molecule has 4 N–H and O–H groups in total. The van der Waals surface area contributed by atoms with Gasteiger partial charge in [0.2, 0.25) is 11.8 Å². The van der Waals surface area contributed by atoms with Gasteiger partial charge in [0.15, 0.2) is 0 Å². The zero-order valence-electron chi connectivity index (χ0n) is 11.0. The number of carbonyl (C=O) groups is 2. The number of nitrogens with two attached hydrogens (primary N) is 1. The number of nitrogens with zero attached hydrogens (tertiary/aromatic N) is 2. The molecule has 1 rings (SSSR count). The number of carbonyl (C=O) groups excluding carboxylic acids is 2. The second-order valence-electron chi connectivity index (χ2n) is 4.61. The molecule has 1 saturated heterocycles. The van der Waals surface area contributed by atoms with Gasteiger partial charge in [0.25, 0.3) is 0 Å².